The van der Waals surface area contributed by atoms with Crippen LogP contribution in [-0.2, 0) is 6.42 Å². The molecule has 0 bridgehead atoms. The Kier molecular flexibility index (Phi) is 9.44. The van der Waals surface area contributed by atoms with Gasteiger partial charge in [0, 0.05) is 0 Å². The largest absolute Gasteiger partial charge is 0.393 e. The summed E-state index contributed by atoms with van der Waals surface area (Å²) in [6.45, 7) is 1.88. The second kappa shape index (κ2) is 11.0. The molecule has 1 heteroatoms. The lowest BCUT2D eigenvalue weighted by atomic mass is 10.0. The van der Waals surface area contributed by atoms with Gasteiger partial charge in [-0.15, -0.1) is 0 Å². The van der Waals surface area contributed by atoms with Gasteiger partial charge in [0.25, 0.3) is 0 Å². The van der Waals surface area contributed by atoms with Crippen LogP contribution >= 0.6 is 0 Å². The van der Waals surface area contributed by atoms with Crippen molar-refractivity contribution in [2.45, 2.75) is 77.2 Å². The van der Waals surface area contributed by atoms with Crippen LogP contribution in [0, 0.1) is 0 Å². The number of aliphatic hydroxyl groups is 1. The molecule has 0 aliphatic carbocycles. The van der Waals surface area contributed by atoms with Crippen LogP contribution in [0.1, 0.15) is 70.3 Å². The van der Waals surface area contributed by atoms with Gasteiger partial charge in [0.15, 0.2) is 0 Å². The number of unbranched alkanes of at least 4 members (excludes halogenated alkanes) is 7. The van der Waals surface area contributed by atoms with Crippen LogP contribution in [0.3, 0.4) is 0 Å². The second-order valence-electron chi connectivity index (χ2n) is 5.70. The summed E-state index contributed by atoms with van der Waals surface area (Å²) < 4.78 is 0. The zero-order chi connectivity index (χ0) is 13.8. The van der Waals surface area contributed by atoms with E-state index in [1.165, 1.54) is 63.4 Å². The van der Waals surface area contributed by atoms with E-state index in [0.717, 1.165) is 6.42 Å². The highest BCUT2D eigenvalue weighted by Gasteiger charge is 1.96. The fraction of sp³-hybridized carbons (Fsp3) is 0.667. The Morgan fingerprint density at radius 2 is 1.32 bits per heavy atom. The molecule has 1 rings (SSSR count). The Balaban J connectivity index is 1.81. The lowest BCUT2D eigenvalue weighted by Gasteiger charge is -2.04. The summed E-state index contributed by atoms with van der Waals surface area (Å²) in [6, 6.07) is 10.8. The Morgan fingerprint density at radius 1 is 0.789 bits per heavy atom. The predicted octanol–water partition coefficient (Wildman–Crippen LogP) is 5.12. The van der Waals surface area contributed by atoms with E-state index in [4.69, 9.17) is 5.11 Å². The van der Waals surface area contributed by atoms with E-state index < -0.39 is 0 Å². The summed E-state index contributed by atoms with van der Waals surface area (Å²) in [5, 5.41) is 9.15. The third kappa shape index (κ3) is 9.72. The molecular weight excluding hydrogens is 232 g/mol. The van der Waals surface area contributed by atoms with Crippen molar-refractivity contribution < 1.29 is 5.11 Å². The molecule has 0 aliphatic rings. The fourth-order valence-corrected chi connectivity index (χ4v) is 2.47. The quantitative estimate of drug-likeness (QED) is 0.549. The van der Waals surface area contributed by atoms with Crippen LogP contribution in [0.5, 0.6) is 0 Å². The predicted molar refractivity (Wildman–Crippen MR) is 83.4 cm³/mol. The van der Waals surface area contributed by atoms with E-state index in [1.807, 2.05) is 6.92 Å². The molecule has 1 atom stereocenters. The molecule has 0 amide bonds. The second-order valence-corrected chi connectivity index (χ2v) is 5.70. The van der Waals surface area contributed by atoms with Crippen molar-refractivity contribution >= 4 is 0 Å². The Hall–Kier alpha value is -0.820. The normalized spacial score (nSPS) is 12.5. The molecule has 1 N–H and O–H groups in total. The van der Waals surface area contributed by atoms with Gasteiger partial charge < -0.3 is 5.11 Å². The average Bonchev–Trinajstić information content (AvgIpc) is 2.42. The molecule has 0 fully saturated rings. The van der Waals surface area contributed by atoms with Crippen molar-refractivity contribution in [3.05, 3.63) is 35.9 Å². The van der Waals surface area contributed by atoms with E-state index in [9.17, 15) is 0 Å². The summed E-state index contributed by atoms with van der Waals surface area (Å²) in [5.74, 6) is 0. The lowest BCUT2D eigenvalue weighted by Crippen LogP contribution is -1.98. The molecule has 0 unspecified atom stereocenters. The molecule has 0 saturated carbocycles. The average molecular weight is 262 g/mol. The third-order valence-electron chi connectivity index (χ3n) is 3.68. The first-order valence-corrected chi connectivity index (χ1v) is 8.01. The topological polar surface area (TPSA) is 20.2 Å². The Labute approximate surface area is 119 Å². The zero-order valence-electron chi connectivity index (χ0n) is 12.5. The number of hydrogen-bond acceptors (Lipinski definition) is 1. The van der Waals surface area contributed by atoms with Crippen LogP contribution in [0.2, 0.25) is 0 Å². The molecular formula is C18H30O. The maximum absolute atomic E-state index is 9.15. The van der Waals surface area contributed by atoms with Crippen molar-refractivity contribution in [3.63, 3.8) is 0 Å². The summed E-state index contributed by atoms with van der Waals surface area (Å²) in [4.78, 5) is 0. The van der Waals surface area contributed by atoms with Crippen molar-refractivity contribution in [1.82, 2.24) is 0 Å². The van der Waals surface area contributed by atoms with Crippen molar-refractivity contribution in [2.75, 3.05) is 0 Å². The number of aryl methyl sites for hydroxylation is 1. The molecule has 0 saturated heterocycles. The number of hydrogen-bond donors (Lipinski definition) is 1. The molecule has 19 heavy (non-hydrogen) atoms. The first-order valence-electron chi connectivity index (χ1n) is 8.01. The fourth-order valence-electron chi connectivity index (χ4n) is 2.47. The highest BCUT2D eigenvalue weighted by molar-refractivity contribution is 5.14. The number of aliphatic hydroxyl groups excluding tert-OH is 1. The first-order chi connectivity index (χ1) is 9.29. The Bertz CT molecular complexity index is 292. The summed E-state index contributed by atoms with van der Waals surface area (Å²) >= 11 is 0. The summed E-state index contributed by atoms with van der Waals surface area (Å²) in [5.41, 5.74) is 1.47. The molecule has 1 aromatic carbocycles. The minimum Gasteiger partial charge on any atom is -0.393 e. The standard InChI is InChI=1S/C18H30O/c1-17(19)13-9-6-4-2-3-5-7-10-14-18-15-11-8-12-16-18/h8,11-12,15-17,19H,2-7,9-10,13-14H2,1H3/t17-/m0/s1. The van der Waals surface area contributed by atoms with E-state index >= 15 is 0 Å². The van der Waals surface area contributed by atoms with Crippen LogP contribution < -0.4 is 0 Å². The van der Waals surface area contributed by atoms with E-state index in [0.29, 0.717) is 0 Å². The van der Waals surface area contributed by atoms with Crippen LogP contribution in [0.4, 0.5) is 0 Å². The van der Waals surface area contributed by atoms with E-state index in [1.54, 1.807) is 0 Å². The highest BCUT2D eigenvalue weighted by atomic mass is 16.3. The maximum Gasteiger partial charge on any atom is 0.0512 e. The van der Waals surface area contributed by atoms with Gasteiger partial charge in [-0.2, -0.15) is 0 Å². The zero-order valence-corrected chi connectivity index (χ0v) is 12.5. The SMILES string of the molecule is C[C@H](O)CCCCCCCCCCc1ccccc1. The van der Waals surface area contributed by atoms with Gasteiger partial charge in [0.05, 0.1) is 6.10 Å². The van der Waals surface area contributed by atoms with Gasteiger partial charge in [-0.3, -0.25) is 0 Å². The first kappa shape index (κ1) is 16.2. The third-order valence-corrected chi connectivity index (χ3v) is 3.68. The number of benzene rings is 1. The van der Waals surface area contributed by atoms with Gasteiger partial charge in [-0.05, 0) is 31.7 Å². The highest BCUT2D eigenvalue weighted by Crippen LogP contribution is 2.12. The molecule has 0 spiro atoms. The smallest absolute Gasteiger partial charge is 0.0512 e. The van der Waals surface area contributed by atoms with Gasteiger partial charge >= 0.3 is 0 Å². The van der Waals surface area contributed by atoms with Crippen molar-refractivity contribution in [3.8, 4) is 0 Å². The van der Waals surface area contributed by atoms with Gasteiger partial charge in [-0.25, -0.2) is 0 Å². The molecule has 0 aromatic heterocycles. The molecule has 1 aromatic rings. The number of rotatable bonds is 11. The maximum atomic E-state index is 9.15. The molecule has 0 heterocycles. The molecule has 0 aliphatic heterocycles. The van der Waals surface area contributed by atoms with Gasteiger partial charge in [-0.1, -0.05) is 75.3 Å². The van der Waals surface area contributed by atoms with Crippen molar-refractivity contribution in [2.24, 2.45) is 0 Å². The minimum absolute atomic E-state index is 0.113. The molecule has 1 nitrogen and oxygen atoms in total. The van der Waals surface area contributed by atoms with Gasteiger partial charge in [0.2, 0.25) is 0 Å². The molecule has 0 radical (unpaired) electrons. The summed E-state index contributed by atoms with van der Waals surface area (Å²) in [6.07, 6.45) is 12.7. The summed E-state index contributed by atoms with van der Waals surface area (Å²) in [7, 11) is 0. The minimum atomic E-state index is -0.113. The van der Waals surface area contributed by atoms with E-state index in [-0.39, 0.29) is 6.10 Å². The van der Waals surface area contributed by atoms with Crippen LogP contribution in [0.25, 0.3) is 0 Å². The monoisotopic (exact) mass is 262 g/mol. The molecule has 108 valence electrons. The van der Waals surface area contributed by atoms with Crippen molar-refractivity contribution in [1.29, 1.82) is 0 Å². The van der Waals surface area contributed by atoms with Crippen LogP contribution in [-0.4, -0.2) is 11.2 Å². The van der Waals surface area contributed by atoms with Crippen LogP contribution in [0.15, 0.2) is 30.3 Å². The Morgan fingerprint density at radius 3 is 1.89 bits per heavy atom. The lowest BCUT2D eigenvalue weighted by molar-refractivity contribution is 0.180. The van der Waals surface area contributed by atoms with Gasteiger partial charge in [0.1, 0.15) is 0 Å². The van der Waals surface area contributed by atoms with E-state index in [2.05, 4.69) is 30.3 Å².